The van der Waals surface area contributed by atoms with Gasteiger partial charge in [-0.25, -0.2) is 0 Å². The van der Waals surface area contributed by atoms with E-state index in [4.69, 9.17) is 15.5 Å². The molecular weight excluding hydrogens is 432 g/mol. The van der Waals surface area contributed by atoms with Crippen LogP contribution in [0.25, 0.3) is 0 Å². The van der Waals surface area contributed by atoms with Crippen LogP contribution in [0.3, 0.4) is 0 Å². The van der Waals surface area contributed by atoms with E-state index in [1.165, 1.54) is 0 Å². The fourth-order valence-corrected chi connectivity index (χ4v) is 5.05. The van der Waals surface area contributed by atoms with E-state index < -0.39 is 5.91 Å². The number of benzene rings is 1. The molecule has 3 aliphatic rings. The SMILES string of the molecule is CN1CCCC1COc1nc(Nc2cccc(C(N)=O)c2)c(C#N)c(N2CCC3(CNC3)C2)n1. The second-order valence-electron chi connectivity index (χ2n) is 9.60. The minimum atomic E-state index is -0.520. The number of ether oxygens (including phenoxy) is 1. The second-order valence-corrected chi connectivity index (χ2v) is 9.60. The lowest BCUT2D eigenvalue weighted by Crippen LogP contribution is -2.54. The fraction of sp³-hybridized carbons (Fsp3) is 0.500. The zero-order valence-electron chi connectivity index (χ0n) is 19.4. The van der Waals surface area contributed by atoms with Crippen LogP contribution in [-0.2, 0) is 0 Å². The van der Waals surface area contributed by atoms with E-state index in [0.29, 0.717) is 41.1 Å². The number of carbonyl (C=O) groups excluding carboxylic acids is 1. The Kier molecular flexibility index (Phi) is 5.98. The van der Waals surface area contributed by atoms with E-state index in [1.54, 1.807) is 24.3 Å². The molecule has 0 bridgehead atoms. The summed E-state index contributed by atoms with van der Waals surface area (Å²) in [5.41, 5.74) is 7.03. The molecule has 0 radical (unpaired) electrons. The first kappa shape index (κ1) is 22.4. The molecule has 0 aliphatic carbocycles. The highest BCUT2D eigenvalue weighted by molar-refractivity contribution is 5.94. The summed E-state index contributed by atoms with van der Waals surface area (Å²) in [4.78, 5) is 25.3. The number of anilines is 3. The molecule has 1 spiro atoms. The summed E-state index contributed by atoms with van der Waals surface area (Å²) in [6.45, 7) is 5.19. The van der Waals surface area contributed by atoms with Crippen LogP contribution >= 0.6 is 0 Å². The van der Waals surface area contributed by atoms with E-state index in [-0.39, 0.29) is 11.4 Å². The van der Waals surface area contributed by atoms with E-state index in [1.807, 2.05) is 0 Å². The summed E-state index contributed by atoms with van der Waals surface area (Å²) in [5.74, 6) is 0.426. The highest BCUT2D eigenvalue weighted by atomic mass is 16.5. The van der Waals surface area contributed by atoms with Crippen molar-refractivity contribution < 1.29 is 9.53 Å². The van der Waals surface area contributed by atoms with Crippen molar-refractivity contribution in [3.63, 3.8) is 0 Å². The first-order valence-electron chi connectivity index (χ1n) is 11.7. The van der Waals surface area contributed by atoms with E-state index in [0.717, 1.165) is 52.0 Å². The van der Waals surface area contributed by atoms with Gasteiger partial charge >= 0.3 is 6.01 Å². The predicted molar refractivity (Wildman–Crippen MR) is 128 cm³/mol. The van der Waals surface area contributed by atoms with Crippen molar-refractivity contribution in [3.05, 3.63) is 35.4 Å². The van der Waals surface area contributed by atoms with Gasteiger partial charge < -0.3 is 30.9 Å². The molecule has 3 saturated heterocycles. The minimum absolute atomic E-state index is 0.245. The molecule has 2 aromatic rings. The van der Waals surface area contributed by atoms with E-state index in [9.17, 15) is 10.1 Å². The molecule has 1 aromatic heterocycles. The molecule has 3 fully saturated rings. The van der Waals surface area contributed by atoms with Gasteiger partial charge in [0.15, 0.2) is 11.6 Å². The summed E-state index contributed by atoms with van der Waals surface area (Å²) in [6.07, 6.45) is 3.28. The number of nitriles is 1. The zero-order chi connectivity index (χ0) is 23.7. The van der Waals surface area contributed by atoms with Gasteiger partial charge in [-0.05, 0) is 51.1 Å². The third kappa shape index (κ3) is 4.36. The number of primary amides is 1. The molecular formula is C24H30N8O2. The molecule has 3 aliphatic heterocycles. The molecule has 1 aromatic carbocycles. The Balaban J connectivity index is 1.47. The molecule has 4 N–H and O–H groups in total. The Morgan fingerprint density at radius 2 is 2.24 bits per heavy atom. The lowest BCUT2D eigenvalue weighted by Gasteiger charge is -2.39. The third-order valence-corrected chi connectivity index (χ3v) is 7.21. The molecule has 178 valence electrons. The first-order valence-corrected chi connectivity index (χ1v) is 11.7. The number of amides is 1. The standard InChI is InChI=1S/C24H30N8O2/c1-31-8-3-6-18(31)12-34-23-29-21(28-17-5-2-4-16(10-17)20(26)33)19(11-25)22(30-23)32-9-7-24(15-32)13-27-14-24/h2,4-5,10,18,27H,3,6-9,12-15H2,1H3,(H2,26,33)(H,28,29,30). The normalized spacial score (nSPS) is 21.3. The molecule has 1 atom stereocenters. The van der Waals surface area contributed by atoms with Crippen LogP contribution in [0.15, 0.2) is 24.3 Å². The van der Waals surface area contributed by atoms with Crippen molar-refractivity contribution in [2.45, 2.75) is 25.3 Å². The summed E-state index contributed by atoms with van der Waals surface area (Å²) in [7, 11) is 2.10. The van der Waals surface area contributed by atoms with Crippen molar-refractivity contribution in [2.24, 2.45) is 11.1 Å². The van der Waals surface area contributed by atoms with Gasteiger partial charge in [-0.3, -0.25) is 4.79 Å². The largest absolute Gasteiger partial charge is 0.462 e. The van der Waals surface area contributed by atoms with Crippen molar-refractivity contribution in [3.8, 4) is 12.1 Å². The number of hydrogen-bond donors (Lipinski definition) is 3. The lowest BCUT2D eigenvalue weighted by atomic mass is 9.81. The van der Waals surface area contributed by atoms with Crippen LogP contribution in [0.2, 0.25) is 0 Å². The fourth-order valence-electron chi connectivity index (χ4n) is 5.05. The predicted octanol–water partition coefficient (Wildman–Crippen LogP) is 1.46. The number of aromatic nitrogens is 2. The van der Waals surface area contributed by atoms with Gasteiger partial charge in [0.05, 0.1) is 0 Å². The van der Waals surface area contributed by atoms with E-state index in [2.05, 4.69) is 38.5 Å². The molecule has 0 saturated carbocycles. The highest BCUT2D eigenvalue weighted by Crippen LogP contribution is 2.39. The number of carbonyl (C=O) groups is 1. The number of rotatable bonds is 7. The molecule has 5 rings (SSSR count). The van der Waals surface area contributed by atoms with Crippen LogP contribution in [-0.4, -0.2) is 73.2 Å². The monoisotopic (exact) mass is 462 g/mol. The maximum Gasteiger partial charge on any atom is 0.320 e. The average Bonchev–Trinajstić information content (AvgIpc) is 3.44. The van der Waals surface area contributed by atoms with Gasteiger partial charge in [0.1, 0.15) is 18.2 Å². The number of likely N-dealkylation sites (tertiary alicyclic amines) is 1. The maximum absolute atomic E-state index is 11.6. The average molecular weight is 463 g/mol. The van der Waals surface area contributed by atoms with Gasteiger partial charge in [-0.2, -0.15) is 15.2 Å². The van der Waals surface area contributed by atoms with Gasteiger partial charge in [0.2, 0.25) is 5.91 Å². The Labute approximate surface area is 199 Å². The summed E-state index contributed by atoms with van der Waals surface area (Å²) >= 11 is 0. The van der Waals surface area contributed by atoms with Gasteiger partial charge in [0, 0.05) is 48.9 Å². The Morgan fingerprint density at radius 3 is 2.88 bits per heavy atom. The zero-order valence-corrected chi connectivity index (χ0v) is 19.4. The van der Waals surface area contributed by atoms with Crippen molar-refractivity contribution in [1.29, 1.82) is 5.26 Å². The minimum Gasteiger partial charge on any atom is -0.462 e. The van der Waals surface area contributed by atoms with E-state index >= 15 is 0 Å². The number of nitrogens with two attached hydrogens (primary N) is 1. The molecule has 34 heavy (non-hydrogen) atoms. The highest BCUT2D eigenvalue weighted by Gasteiger charge is 2.44. The molecule has 10 nitrogen and oxygen atoms in total. The number of nitrogens with one attached hydrogen (secondary N) is 2. The maximum atomic E-state index is 11.6. The number of likely N-dealkylation sites (N-methyl/N-ethyl adjacent to an activating group) is 1. The summed E-state index contributed by atoms with van der Waals surface area (Å²) in [5, 5.41) is 16.6. The molecule has 10 heteroatoms. The first-order chi connectivity index (χ1) is 16.5. The molecule has 1 unspecified atom stereocenters. The van der Waals surface area contributed by atoms with Crippen LogP contribution in [0, 0.1) is 16.7 Å². The molecule has 1 amide bonds. The Bertz CT molecular complexity index is 1130. The number of nitrogens with zero attached hydrogens (tertiary/aromatic N) is 5. The van der Waals surface area contributed by atoms with Gasteiger partial charge in [-0.15, -0.1) is 0 Å². The lowest BCUT2D eigenvalue weighted by molar-refractivity contribution is 0.100. The van der Waals surface area contributed by atoms with Crippen LogP contribution in [0.4, 0.5) is 17.3 Å². The van der Waals surface area contributed by atoms with Crippen molar-refractivity contribution in [2.75, 3.05) is 56.6 Å². The summed E-state index contributed by atoms with van der Waals surface area (Å²) in [6, 6.07) is 9.68. The van der Waals surface area contributed by atoms with Crippen LogP contribution < -0.4 is 26.0 Å². The smallest absolute Gasteiger partial charge is 0.320 e. The number of hydrogen-bond acceptors (Lipinski definition) is 9. The molecule has 4 heterocycles. The Hall–Kier alpha value is -3.42. The Morgan fingerprint density at radius 1 is 1.38 bits per heavy atom. The summed E-state index contributed by atoms with van der Waals surface area (Å²) < 4.78 is 6.07. The van der Waals surface area contributed by atoms with Crippen LogP contribution in [0.5, 0.6) is 6.01 Å². The van der Waals surface area contributed by atoms with Crippen LogP contribution in [0.1, 0.15) is 35.2 Å². The van der Waals surface area contributed by atoms with Crippen molar-refractivity contribution >= 4 is 23.2 Å². The third-order valence-electron chi connectivity index (χ3n) is 7.21. The van der Waals surface area contributed by atoms with Gasteiger partial charge in [-0.1, -0.05) is 6.07 Å². The quantitative estimate of drug-likeness (QED) is 0.559. The topological polar surface area (TPSA) is 132 Å². The van der Waals surface area contributed by atoms with Gasteiger partial charge in [0.25, 0.3) is 0 Å². The second kappa shape index (κ2) is 9.08. The van der Waals surface area contributed by atoms with Crippen molar-refractivity contribution in [1.82, 2.24) is 20.2 Å².